The smallest absolute Gasteiger partial charge is 0.243 e. The van der Waals surface area contributed by atoms with Crippen LogP contribution < -0.4 is 5.32 Å². The van der Waals surface area contributed by atoms with E-state index in [9.17, 15) is 9.59 Å². The molecule has 0 aromatic heterocycles. The second-order valence-electron chi connectivity index (χ2n) is 5.10. The number of carbonyl (C=O) groups is 2. The van der Waals surface area contributed by atoms with Crippen LogP contribution in [0.3, 0.4) is 0 Å². The molecular weight excluding hydrogens is 244 g/mol. The summed E-state index contributed by atoms with van der Waals surface area (Å²) in [6.45, 7) is 8.00. The Morgan fingerprint density at radius 2 is 2.11 bits per heavy atom. The van der Waals surface area contributed by atoms with Crippen LogP contribution in [0.15, 0.2) is 0 Å². The van der Waals surface area contributed by atoms with Crippen molar-refractivity contribution in [2.24, 2.45) is 5.92 Å². The average Bonchev–Trinajstić information content (AvgIpc) is 2.41. The van der Waals surface area contributed by atoms with Gasteiger partial charge in [0.1, 0.15) is 6.04 Å². The molecule has 110 valence electrons. The summed E-state index contributed by atoms with van der Waals surface area (Å²) in [6, 6.07) is -0.346. The molecule has 2 unspecified atom stereocenters. The highest BCUT2D eigenvalue weighted by molar-refractivity contribution is 5.95. The molecule has 0 spiro atoms. The molecule has 1 fully saturated rings. The normalized spacial score (nSPS) is 21.4. The molecule has 5 nitrogen and oxygen atoms in total. The molecule has 0 bridgehead atoms. The van der Waals surface area contributed by atoms with Crippen molar-refractivity contribution in [3.05, 3.63) is 0 Å². The van der Waals surface area contributed by atoms with Crippen LogP contribution in [-0.2, 0) is 14.3 Å². The van der Waals surface area contributed by atoms with Gasteiger partial charge in [0, 0.05) is 13.2 Å². The summed E-state index contributed by atoms with van der Waals surface area (Å²) in [4.78, 5) is 25.6. The van der Waals surface area contributed by atoms with E-state index >= 15 is 0 Å². The topological polar surface area (TPSA) is 58.6 Å². The third kappa shape index (κ3) is 4.49. The van der Waals surface area contributed by atoms with Gasteiger partial charge in [-0.25, -0.2) is 0 Å². The van der Waals surface area contributed by atoms with Gasteiger partial charge in [-0.15, -0.1) is 0 Å². The van der Waals surface area contributed by atoms with Gasteiger partial charge in [0.25, 0.3) is 0 Å². The monoisotopic (exact) mass is 270 g/mol. The van der Waals surface area contributed by atoms with Crippen molar-refractivity contribution in [1.82, 2.24) is 10.2 Å². The van der Waals surface area contributed by atoms with E-state index in [0.717, 1.165) is 25.9 Å². The second kappa shape index (κ2) is 8.15. The zero-order valence-corrected chi connectivity index (χ0v) is 12.3. The van der Waals surface area contributed by atoms with Crippen molar-refractivity contribution in [3.8, 4) is 0 Å². The number of unbranched alkanes of at least 4 members (excludes halogenated alkanes) is 1. The predicted octanol–water partition coefficient (Wildman–Crippen LogP) is 1.18. The van der Waals surface area contributed by atoms with Crippen LogP contribution in [0.4, 0.5) is 0 Å². The summed E-state index contributed by atoms with van der Waals surface area (Å²) < 4.78 is 5.50. The first kappa shape index (κ1) is 16.0. The molecule has 2 amide bonds. The van der Waals surface area contributed by atoms with E-state index in [1.807, 2.05) is 13.8 Å². The molecule has 0 radical (unpaired) electrons. The molecule has 1 N–H and O–H groups in total. The number of hydrogen-bond donors (Lipinski definition) is 1. The molecule has 19 heavy (non-hydrogen) atoms. The lowest BCUT2D eigenvalue weighted by Crippen LogP contribution is -2.61. The molecule has 0 aromatic rings. The van der Waals surface area contributed by atoms with Crippen molar-refractivity contribution in [1.29, 1.82) is 0 Å². The van der Waals surface area contributed by atoms with Gasteiger partial charge in [0.15, 0.2) is 0 Å². The lowest BCUT2D eigenvalue weighted by Gasteiger charge is -2.37. The highest BCUT2D eigenvalue weighted by Crippen LogP contribution is 2.17. The Bertz CT molecular complexity index is 307. The molecule has 0 aromatic carbocycles. The van der Waals surface area contributed by atoms with Crippen molar-refractivity contribution in [2.45, 2.75) is 46.1 Å². The Labute approximate surface area is 115 Å². The van der Waals surface area contributed by atoms with Crippen molar-refractivity contribution in [3.63, 3.8) is 0 Å². The zero-order valence-electron chi connectivity index (χ0n) is 12.3. The van der Waals surface area contributed by atoms with Crippen molar-refractivity contribution >= 4 is 11.8 Å². The summed E-state index contributed by atoms with van der Waals surface area (Å²) in [7, 11) is 0. The van der Waals surface area contributed by atoms with Crippen LogP contribution in [0.5, 0.6) is 0 Å². The van der Waals surface area contributed by atoms with Crippen LogP contribution in [0, 0.1) is 5.92 Å². The van der Waals surface area contributed by atoms with E-state index in [2.05, 4.69) is 12.2 Å². The summed E-state index contributed by atoms with van der Waals surface area (Å²) in [5.74, 6) is 0.117. The summed E-state index contributed by atoms with van der Waals surface area (Å²) in [5, 5.41) is 2.67. The van der Waals surface area contributed by atoms with E-state index in [0.29, 0.717) is 13.2 Å². The fourth-order valence-electron chi connectivity index (χ4n) is 2.23. The minimum absolute atomic E-state index is 0.0102. The van der Waals surface area contributed by atoms with E-state index in [1.54, 1.807) is 4.90 Å². The second-order valence-corrected chi connectivity index (χ2v) is 5.10. The summed E-state index contributed by atoms with van der Waals surface area (Å²) in [5.41, 5.74) is 0. The SMILES string of the molecule is CCCCOCCN1C(=O)CNC(=O)C1C(C)CC. The quantitative estimate of drug-likeness (QED) is 0.674. The largest absolute Gasteiger partial charge is 0.380 e. The van der Waals surface area contributed by atoms with Gasteiger partial charge in [-0.3, -0.25) is 9.59 Å². The summed E-state index contributed by atoms with van der Waals surface area (Å²) >= 11 is 0. The fraction of sp³-hybridized carbons (Fsp3) is 0.857. The minimum atomic E-state index is -0.346. The third-order valence-electron chi connectivity index (χ3n) is 3.64. The lowest BCUT2D eigenvalue weighted by molar-refractivity contribution is -0.148. The van der Waals surface area contributed by atoms with E-state index < -0.39 is 0 Å². The molecule has 0 aliphatic carbocycles. The maximum absolute atomic E-state index is 11.9. The van der Waals surface area contributed by atoms with Gasteiger partial charge in [0.05, 0.1) is 13.2 Å². The lowest BCUT2D eigenvalue weighted by atomic mass is 9.95. The number of hydrogen-bond acceptors (Lipinski definition) is 3. The van der Waals surface area contributed by atoms with Crippen molar-refractivity contribution in [2.75, 3.05) is 26.3 Å². The molecule has 1 heterocycles. The number of nitrogens with one attached hydrogen (secondary N) is 1. The molecule has 1 saturated heterocycles. The number of amides is 2. The first-order valence-electron chi connectivity index (χ1n) is 7.26. The molecule has 1 aliphatic heterocycles. The maximum atomic E-state index is 11.9. The van der Waals surface area contributed by atoms with Crippen molar-refractivity contribution < 1.29 is 14.3 Å². The van der Waals surface area contributed by atoms with Crippen LogP contribution in [0.1, 0.15) is 40.0 Å². The Morgan fingerprint density at radius 3 is 2.74 bits per heavy atom. The van der Waals surface area contributed by atoms with Gasteiger partial charge in [-0.05, 0) is 12.3 Å². The van der Waals surface area contributed by atoms with E-state index in [4.69, 9.17) is 4.74 Å². The van der Waals surface area contributed by atoms with E-state index in [-0.39, 0.29) is 30.3 Å². The highest BCUT2D eigenvalue weighted by Gasteiger charge is 2.36. The summed E-state index contributed by atoms with van der Waals surface area (Å²) in [6.07, 6.45) is 3.00. The Hall–Kier alpha value is -1.10. The zero-order chi connectivity index (χ0) is 14.3. The Morgan fingerprint density at radius 1 is 1.37 bits per heavy atom. The standard InChI is InChI=1S/C14H26N2O3/c1-4-6-8-19-9-7-16-12(17)10-15-14(18)13(16)11(3)5-2/h11,13H,4-10H2,1-3H3,(H,15,18). The van der Waals surface area contributed by atoms with Gasteiger partial charge < -0.3 is 15.0 Å². The molecule has 1 rings (SSSR count). The van der Waals surface area contributed by atoms with Crippen LogP contribution in [0.25, 0.3) is 0 Å². The molecule has 1 aliphatic rings. The fourth-order valence-corrected chi connectivity index (χ4v) is 2.23. The van der Waals surface area contributed by atoms with Gasteiger partial charge >= 0.3 is 0 Å². The van der Waals surface area contributed by atoms with Gasteiger partial charge in [0.2, 0.25) is 11.8 Å². The highest BCUT2D eigenvalue weighted by atomic mass is 16.5. The van der Waals surface area contributed by atoms with Gasteiger partial charge in [-0.2, -0.15) is 0 Å². The predicted molar refractivity (Wildman–Crippen MR) is 73.7 cm³/mol. The molecule has 2 atom stereocenters. The first-order chi connectivity index (χ1) is 9.11. The molecule has 5 heteroatoms. The number of ether oxygens (including phenoxy) is 1. The Kier molecular flexibility index (Phi) is 6.84. The maximum Gasteiger partial charge on any atom is 0.243 e. The first-order valence-corrected chi connectivity index (χ1v) is 7.26. The minimum Gasteiger partial charge on any atom is -0.380 e. The number of rotatable bonds is 8. The number of nitrogens with zero attached hydrogens (tertiary/aromatic N) is 1. The number of piperazine rings is 1. The number of carbonyl (C=O) groups excluding carboxylic acids is 2. The molecular formula is C14H26N2O3. The Balaban J connectivity index is 2.53. The molecule has 0 saturated carbocycles. The van der Waals surface area contributed by atoms with Crippen LogP contribution in [0.2, 0.25) is 0 Å². The third-order valence-corrected chi connectivity index (χ3v) is 3.64. The average molecular weight is 270 g/mol. The van der Waals surface area contributed by atoms with Gasteiger partial charge in [-0.1, -0.05) is 33.6 Å². The van der Waals surface area contributed by atoms with Crippen LogP contribution in [-0.4, -0.2) is 49.1 Å². The van der Waals surface area contributed by atoms with Crippen LogP contribution >= 0.6 is 0 Å². The van der Waals surface area contributed by atoms with E-state index in [1.165, 1.54) is 0 Å².